The van der Waals surface area contributed by atoms with Crippen molar-refractivity contribution in [1.82, 2.24) is 0 Å². The van der Waals surface area contributed by atoms with Gasteiger partial charge in [0.25, 0.3) is 0 Å². The van der Waals surface area contributed by atoms with Crippen molar-refractivity contribution in [2.24, 2.45) is 0 Å². The molecule has 11 heavy (non-hydrogen) atoms. The summed E-state index contributed by atoms with van der Waals surface area (Å²) in [4.78, 5) is 10.7. The van der Waals surface area contributed by atoms with Gasteiger partial charge in [0.1, 0.15) is 6.61 Å². The number of carbonyl (C=O) groups is 1. The Kier molecular flexibility index (Phi) is 7.47. The van der Waals surface area contributed by atoms with Gasteiger partial charge in [-0.05, 0) is 6.42 Å². The molecule has 66 valence electrons. The highest BCUT2D eigenvalue weighted by atomic mass is 16.5. The van der Waals surface area contributed by atoms with Crippen LogP contribution in [-0.4, -0.2) is 19.0 Å². The van der Waals surface area contributed by atoms with Crippen LogP contribution in [0.15, 0.2) is 0 Å². The lowest BCUT2D eigenvalue weighted by Crippen LogP contribution is -2.07. The Morgan fingerprint density at radius 2 is 2.00 bits per heavy atom. The SMILES string of the molecule is CCCCCOCC(=O)CC. The second kappa shape index (κ2) is 7.73. The first-order valence-corrected chi connectivity index (χ1v) is 4.40. The normalized spacial score (nSPS) is 10.0. The van der Waals surface area contributed by atoms with Gasteiger partial charge in [-0.15, -0.1) is 0 Å². The van der Waals surface area contributed by atoms with Crippen molar-refractivity contribution in [3.05, 3.63) is 0 Å². The highest BCUT2D eigenvalue weighted by molar-refractivity contribution is 5.79. The van der Waals surface area contributed by atoms with Crippen LogP contribution in [0.3, 0.4) is 0 Å². The lowest BCUT2D eigenvalue weighted by Gasteiger charge is -2.00. The van der Waals surface area contributed by atoms with Gasteiger partial charge >= 0.3 is 0 Å². The van der Waals surface area contributed by atoms with E-state index in [-0.39, 0.29) is 5.78 Å². The molecule has 0 aliphatic carbocycles. The van der Waals surface area contributed by atoms with Crippen LogP contribution in [0.25, 0.3) is 0 Å². The van der Waals surface area contributed by atoms with E-state index in [9.17, 15) is 4.79 Å². The third-order valence-corrected chi connectivity index (χ3v) is 1.55. The molecule has 0 aliphatic heterocycles. The van der Waals surface area contributed by atoms with E-state index < -0.39 is 0 Å². The maximum absolute atomic E-state index is 10.7. The van der Waals surface area contributed by atoms with Gasteiger partial charge < -0.3 is 4.74 Å². The van der Waals surface area contributed by atoms with Crippen LogP contribution in [0.2, 0.25) is 0 Å². The summed E-state index contributed by atoms with van der Waals surface area (Å²) >= 11 is 0. The van der Waals surface area contributed by atoms with Crippen LogP contribution in [0.1, 0.15) is 39.5 Å². The van der Waals surface area contributed by atoms with Crippen LogP contribution in [0.5, 0.6) is 0 Å². The number of ether oxygens (including phenoxy) is 1. The zero-order valence-corrected chi connectivity index (χ0v) is 7.56. The van der Waals surface area contributed by atoms with Crippen LogP contribution in [-0.2, 0) is 9.53 Å². The molecule has 0 bridgehead atoms. The molecule has 0 saturated heterocycles. The maximum Gasteiger partial charge on any atom is 0.158 e. The molecule has 0 aliphatic rings. The third-order valence-electron chi connectivity index (χ3n) is 1.55. The van der Waals surface area contributed by atoms with E-state index in [0.29, 0.717) is 13.0 Å². The smallest absolute Gasteiger partial charge is 0.158 e. The molecule has 0 spiro atoms. The fraction of sp³-hybridized carbons (Fsp3) is 0.889. The predicted molar refractivity (Wildman–Crippen MR) is 45.6 cm³/mol. The fourth-order valence-corrected chi connectivity index (χ4v) is 0.742. The van der Waals surface area contributed by atoms with Gasteiger partial charge in [-0.25, -0.2) is 0 Å². The molecule has 0 N–H and O–H groups in total. The van der Waals surface area contributed by atoms with Gasteiger partial charge in [-0.3, -0.25) is 4.79 Å². The van der Waals surface area contributed by atoms with Gasteiger partial charge in [0, 0.05) is 13.0 Å². The Morgan fingerprint density at radius 1 is 1.27 bits per heavy atom. The second-order valence-corrected chi connectivity index (χ2v) is 2.65. The lowest BCUT2D eigenvalue weighted by molar-refractivity contribution is -0.123. The summed E-state index contributed by atoms with van der Waals surface area (Å²) < 4.78 is 5.14. The molecule has 0 aromatic carbocycles. The second-order valence-electron chi connectivity index (χ2n) is 2.65. The Hall–Kier alpha value is -0.370. The molecule has 2 nitrogen and oxygen atoms in total. The summed E-state index contributed by atoms with van der Waals surface area (Å²) in [5.74, 6) is 0.196. The van der Waals surface area contributed by atoms with Gasteiger partial charge in [0.05, 0.1) is 0 Å². The molecule has 0 unspecified atom stereocenters. The Bertz CT molecular complexity index is 99.7. The topological polar surface area (TPSA) is 26.3 Å². The highest BCUT2D eigenvalue weighted by Gasteiger charge is 1.96. The first-order valence-electron chi connectivity index (χ1n) is 4.40. The fourth-order valence-electron chi connectivity index (χ4n) is 0.742. The van der Waals surface area contributed by atoms with Crippen molar-refractivity contribution in [2.75, 3.05) is 13.2 Å². The first-order chi connectivity index (χ1) is 5.31. The molecule has 0 fully saturated rings. The molecule has 0 rings (SSSR count). The number of unbranched alkanes of at least 4 members (excludes halogenated alkanes) is 2. The molecule has 2 heteroatoms. The van der Waals surface area contributed by atoms with E-state index >= 15 is 0 Å². The minimum Gasteiger partial charge on any atom is -0.374 e. The van der Waals surface area contributed by atoms with Crippen LogP contribution >= 0.6 is 0 Å². The number of Topliss-reactive ketones (excluding diaryl/α,β-unsaturated/α-hetero) is 1. The number of ketones is 1. The Labute approximate surface area is 68.9 Å². The quantitative estimate of drug-likeness (QED) is 0.531. The third kappa shape index (κ3) is 7.53. The summed E-state index contributed by atoms with van der Waals surface area (Å²) in [6, 6.07) is 0. The summed E-state index contributed by atoms with van der Waals surface area (Å²) in [5, 5.41) is 0. The summed E-state index contributed by atoms with van der Waals surface area (Å²) in [6.07, 6.45) is 4.06. The van der Waals surface area contributed by atoms with E-state index in [1.807, 2.05) is 6.92 Å². The Morgan fingerprint density at radius 3 is 2.55 bits per heavy atom. The summed E-state index contributed by atoms with van der Waals surface area (Å²) in [7, 11) is 0. The number of rotatable bonds is 7. The molecule has 0 atom stereocenters. The van der Waals surface area contributed by atoms with Crippen molar-refractivity contribution in [2.45, 2.75) is 39.5 Å². The zero-order valence-electron chi connectivity index (χ0n) is 7.56. The molecule has 0 aromatic rings. The van der Waals surface area contributed by atoms with Gasteiger partial charge in [-0.2, -0.15) is 0 Å². The van der Waals surface area contributed by atoms with Crippen molar-refractivity contribution >= 4 is 5.78 Å². The van der Waals surface area contributed by atoms with Crippen LogP contribution in [0, 0.1) is 0 Å². The average Bonchev–Trinajstić information content (AvgIpc) is 2.04. The maximum atomic E-state index is 10.7. The molecular weight excluding hydrogens is 140 g/mol. The Balaban J connectivity index is 2.95. The molecule has 0 aromatic heterocycles. The van der Waals surface area contributed by atoms with Crippen molar-refractivity contribution in [3.8, 4) is 0 Å². The molecular formula is C9H18O2. The van der Waals surface area contributed by atoms with E-state index in [0.717, 1.165) is 13.0 Å². The molecule has 0 radical (unpaired) electrons. The van der Waals surface area contributed by atoms with Gasteiger partial charge in [-0.1, -0.05) is 26.7 Å². The molecule has 0 heterocycles. The summed E-state index contributed by atoms with van der Waals surface area (Å²) in [5.41, 5.74) is 0. The van der Waals surface area contributed by atoms with Crippen LogP contribution < -0.4 is 0 Å². The zero-order chi connectivity index (χ0) is 8.53. The van der Waals surface area contributed by atoms with Gasteiger partial charge in [0.2, 0.25) is 0 Å². The number of hydrogen-bond donors (Lipinski definition) is 0. The minimum atomic E-state index is 0.196. The highest BCUT2D eigenvalue weighted by Crippen LogP contribution is 1.94. The molecule has 0 amide bonds. The van der Waals surface area contributed by atoms with Crippen molar-refractivity contribution in [1.29, 1.82) is 0 Å². The van der Waals surface area contributed by atoms with E-state index in [1.54, 1.807) is 0 Å². The van der Waals surface area contributed by atoms with Crippen molar-refractivity contribution < 1.29 is 9.53 Å². The largest absolute Gasteiger partial charge is 0.374 e. The molecule has 0 saturated carbocycles. The average molecular weight is 158 g/mol. The van der Waals surface area contributed by atoms with Crippen LogP contribution in [0.4, 0.5) is 0 Å². The van der Waals surface area contributed by atoms with E-state index in [4.69, 9.17) is 4.74 Å². The standard InChI is InChI=1S/C9H18O2/c1-3-5-6-7-11-8-9(10)4-2/h3-8H2,1-2H3. The minimum absolute atomic E-state index is 0.196. The van der Waals surface area contributed by atoms with E-state index in [1.165, 1.54) is 12.8 Å². The predicted octanol–water partition coefficient (Wildman–Crippen LogP) is 2.17. The lowest BCUT2D eigenvalue weighted by atomic mass is 10.3. The van der Waals surface area contributed by atoms with Crippen molar-refractivity contribution in [3.63, 3.8) is 0 Å². The first kappa shape index (κ1) is 10.6. The van der Waals surface area contributed by atoms with E-state index in [2.05, 4.69) is 6.92 Å². The number of hydrogen-bond acceptors (Lipinski definition) is 2. The number of carbonyl (C=O) groups excluding carboxylic acids is 1. The van der Waals surface area contributed by atoms with Gasteiger partial charge in [0.15, 0.2) is 5.78 Å². The summed E-state index contributed by atoms with van der Waals surface area (Å²) in [6.45, 7) is 5.05. The monoisotopic (exact) mass is 158 g/mol.